The number of cyclic esters (lactones) is 1. The molecule has 4 rings (SSSR count). The van der Waals surface area contributed by atoms with Gasteiger partial charge in [0.05, 0.1) is 37.3 Å². The molecule has 1 aromatic carbocycles. The summed E-state index contributed by atoms with van der Waals surface area (Å²) < 4.78 is 63.8. The Kier molecular flexibility index (Phi) is 22.5. The lowest BCUT2D eigenvalue weighted by Crippen LogP contribution is -2.66. The van der Waals surface area contributed by atoms with Gasteiger partial charge in [0.25, 0.3) is 0 Å². The molecule has 16 atom stereocenters. The molecule has 390 valence electrons. The van der Waals surface area contributed by atoms with E-state index in [1.807, 2.05) is 52.9 Å². The fourth-order valence-electron chi connectivity index (χ4n) is 9.85. The lowest BCUT2D eigenvalue weighted by molar-refractivity contribution is -0.344. The smallest absolute Gasteiger partial charge is 0.309 e. The summed E-state index contributed by atoms with van der Waals surface area (Å²) in [5, 5.41) is 24.1. The van der Waals surface area contributed by atoms with Crippen molar-refractivity contribution in [3.63, 3.8) is 0 Å². The second kappa shape index (κ2) is 26.8. The Morgan fingerprint density at radius 1 is 0.957 bits per heavy atom. The van der Waals surface area contributed by atoms with Crippen LogP contribution in [0.15, 0.2) is 36.4 Å². The quantitative estimate of drug-likeness (QED) is 0.105. The fourth-order valence-corrected chi connectivity index (χ4v) is 9.85. The standard InChI is InChI=1S/C52H82FN3O13/c1-31(2)27-42(58)67-50-35(6)64-44(30-52(50,8)61)68-47-34(5)65-51(46(60)45(47)55(11)12)69-48-38(24-26-56(13)25-16-18-37-20-22-39(53)23-21-37)28-32(3)40(54(9)10)19-15-17-33(4)63-43(59)29-41(49(48)62-14)66-36(7)57/h15,19-23,31-35,38,40-41,44-51,60-61H,17,24-30H2,1-14H3/b19-15+/t32-,33-,34-,35+,38+,40+,41-,44+,45-,46-,47?,48+,49+,50+,51+,52-/m1/s1. The van der Waals surface area contributed by atoms with Gasteiger partial charge in [0, 0.05) is 44.9 Å². The maximum atomic E-state index is 13.6. The van der Waals surface area contributed by atoms with Crippen LogP contribution < -0.4 is 0 Å². The van der Waals surface area contributed by atoms with Crippen LogP contribution >= 0.6 is 0 Å². The maximum Gasteiger partial charge on any atom is 0.309 e. The van der Waals surface area contributed by atoms with Gasteiger partial charge in [-0.3, -0.25) is 19.3 Å². The molecule has 17 heteroatoms. The van der Waals surface area contributed by atoms with E-state index < -0.39 is 97.1 Å². The summed E-state index contributed by atoms with van der Waals surface area (Å²) in [4.78, 5) is 45.1. The third-order valence-corrected chi connectivity index (χ3v) is 13.2. The van der Waals surface area contributed by atoms with Crippen LogP contribution in [0, 0.1) is 35.4 Å². The van der Waals surface area contributed by atoms with Crippen LogP contribution in [0.3, 0.4) is 0 Å². The van der Waals surface area contributed by atoms with Crippen LogP contribution in [0.4, 0.5) is 4.39 Å². The molecule has 0 spiro atoms. The Balaban J connectivity index is 1.72. The summed E-state index contributed by atoms with van der Waals surface area (Å²) in [7, 11) is 11.1. The molecule has 0 bridgehead atoms. The molecular weight excluding hydrogens is 894 g/mol. The number of aliphatic hydroxyl groups excluding tert-OH is 1. The number of methoxy groups -OCH3 is 1. The zero-order chi connectivity index (χ0) is 51.3. The average Bonchev–Trinajstić information content (AvgIpc) is 3.23. The van der Waals surface area contributed by atoms with Gasteiger partial charge in [0.1, 0.15) is 41.9 Å². The molecule has 2 saturated heterocycles. The maximum absolute atomic E-state index is 13.6. The van der Waals surface area contributed by atoms with E-state index in [9.17, 15) is 29.0 Å². The lowest BCUT2D eigenvalue weighted by atomic mass is 9.81. The molecule has 0 radical (unpaired) electrons. The Morgan fingerprint density at radius 2 is 1.64 bits per heavy atom. The van der Waals surface area contributed by atoms with Crippen molar-refractivity contribution in [1.82, 2.24) is 14.7 Å². The molecule has 1 aromatic rings. The van der Waals surface area contributed by atoms with Gasteiger partial charge in [0.2, 0.25) is 0 Å². The van der Waals surface area contributed by atoms with E-state index in [1.165, 1.54) is 26.2 Å². The number of hydrogen-bond acceptors (Lipinski definition) is 16. The van der Waals surface area contributed by atoms with E-state index in [4.69, 9.17) is 37.9 Å². The van der Waals surface area contributed by atoms with E-state index in [0.29, 0.717) is 37.9 Å². The van der Waals surface area contributed by atoms with Crippen molar-refractivity contribution in [1.29, 1.82) is 0 Å². The fraction of sp³-hybridized carbons (Fsp3) is 0.750. The third-order valence-electron chi connectivity index (χ3n) is 13.2. The van der Waals surface area contributed by atoms with Crippen LogP contribution in [-0.4, -0.2) is 183 Å². The van der Waals surface area contributed by atoms with E-state index in [-0.39, 0.29) is 48.9 Å². The van der Waals surface area contributed by atoms with E-state index in [2.05, 4.69) is 34.6 Å². The Labute approximate surface area is 410 Å². The number of hydrogen-bond donors (Lipinski definition) is 2. The molecule has 69 heavy (non-hydrogen) atoms. The number of carbonyl (C=O) groups is 3. The minimum absolute atomic E-state index is 0.0258. The predicted molar refractivity (Wildman–Crippen MR) is 257 cm³/mol. The van der Waals surface area contributed by atoms with Crippen LogP contribution in [0.5, 0.6) is 0 Å². The molecule has 3 heterocycles. The van der Waals surface area contributed by atoms with Crippen molar-refractivity contribution in [2.75, 3.05) is 55.4 Å². The molecule has 0 aromatic heterocycles. The van der Waals surface area contributed by atoms with Crippen LogP contribution in [0.1, 0.15) is 99.5 Å². The summed E-state index contributed by atoms with van der Waals surface area (Å²) in [5.74, 6) is 4.06. The Bertz CT molecular complexity index is 1870. The van der Waals surface area contributed by atoms with Gasteiger partial charge >= 0.3 is 17.9 Å². The monoisotopic (exact) mass is 976 g/mol. The summed E-state index contributed by atoms with van der Waals surface area (Å²) >= 11 is 0. The molecule has 2 N–H and O–H groups in total. The van der Waals surface area contributed by atoms with Gasteiger partial charge < -0.3 is 57.9 Å². The summed E-state index contributed by atoms with van der Waals surface area (Å²) in [5.41, 5.74) is -0.801. The molecule has 16 nitrogen and oxygen atoms in total. The van der Waals surface area contributed by atoms with Crippen LogP contribution in [-0.2, 0) is 52.3 Å². The Hall–Kier alpha value is -3.54. The number of ether oxygens (including phenoxy) is 8. The number of rotatable bonds is 15. The highest BCUT2D eigenvalue weighted by Crippen LogP contribution is 2.38. The zero-order valence-corrected chi connectivity index (χ0v) is 43.5. The molecule has 2 fully saturated rings. The van der Waals surface area contributed by atoms with Crippen molar-refractivity contribution < 1.29 is 66.9 Å². The molecular formula is C52H82FN3O13. The zero-order valence-electron chi connectivity index (χ0n) is 43.5. The SMILES string of the molecule is CO[C@@H]1[C@@H](O[C@@H]2O[C@H](C)C(O[C@H]3C[C@@](C)(O)[C@@H](OC(=O)CC(C)C)[C@H](C)O3)[C@H](N(C)C)[C@H]2O)[C@@H](CCN(C)CC#Cc2ccc(F)cc2)C[C@@H](C)[C@@H](N(C)C)/C=C/C[C@@H](C)OC(=O)C[C@H]1OC(C)=O. The van der Waals surface area contributed by atoms with Crippen molar-refractivity contribution in [2.45, 2.75) is 179 Å². The second-order valence-electron chi connectivity index (χ2n) is 20.5. The highest BCUT2D eigenvalue weighted by molar-refractivity contribution is 5.72. The number of halogens is 1. The first-order chi connectivity index (χ1) is 32.4. The number of nitrogens with zero attached hydrogens (tertiary/aromatic N) is 3. The molecule has 3 aliphatic heterocycles. The van der Waals surface area contributed by atoms with Crippen molar-refractivity contribution in [2.24, 2.45) is 17.8 Å². The van der Waals surface area contributed by atoms with Gasteiger partial charge in [-0.2, -0.15) is 0 Å². The van der Waals surface area contributed by atoms with E-state index in [1.54, 1.807) is 47.0 Å². The first-order valence-electron chi connectivity index (χ1n) is 24.4. The van der Waals surface area contributed by atoms with E-state index >= 15 is 0 Å². The minimum Gasteiger partial charge on any atom is -0.462 e. The lowest BCUT2D eigenvalue weighted by Gasteiger charge is -2.50. The summed E-state index contributed by atoms with van der Waals surface area (Å²) in [6.45, 7) is 15.1. The molecule has 3 aliphatic rings. The number of carbonyl (C=O) groups excluding carboxylic acids is 3. The molecule has 0 aliphatic carbocycles. The van der Waals surface area contributed by atoms with Gasteiger partial charge in [-0.15, -0.1) is 0 Å². The molecule has 0 saturated carbocycles. The largest absolute Gasteiger partial charge is 0.462 e. The predicted octanol–water partition coefficient (Wildman–Crippen LogP) is 4.95. The highest BCUT2D eigenvalue weighted by Gasteiger charge is 2.53. The second-order valence-corrected chi connectivity index (χ2v) is 20.5. The van der Waals surface area contributed by atoms with Crippen LogP contribution in [0.25, 0.3) is 0 Å². The van der Waals surface area contributed by atoms with Crippen molar-refractivity contribution in [3.05, 3.63) is 47.8 Å². The van der Waals surface area contributed by atoms with Crippen LogP contribution in [0.2, 0.25) is 0 Å². The number of benzene rings is 1. The first-order valence-corrected chi connectivity index (χ1v) is 24.4. The topological polar surface area (TPSA) is 175 Å². The van der Waals surface area contributed by atoms with Crippen molar-refractivity contribution >= 4 is 17.9 Å². The van der Waals surface area contributed by atoms with Gasteiger partial charge in [-0.05, 0) is 124 Å². The van der Waals surface area contributed by atoms with E-state index in [0.717, 1.165) is 0 Å². The summed E-state index contributed by atoms with van der Waals surface area (Å²) in [6, 6.07) is 5.23. The number of esters is 3. The highest BCUT2D eigenvalue weighted by atomic mass is 19.1. The molecule has 1 unspecified atom stereocenters. The third kappa shape index (κ3) is 17.3. The van der Waals surface area contributed by atoms with Gasteiger partial charge in [-0.25, -0.2) is 4.39 Å². The average molecular weight is 976 g/mol. The number of likely N-dealkylation sites (N-methyl/N-ethyl adjacent to an activating group) is 2. The van der Waals surface area contributed by atoms with Crippen molar-refractivity contribution in [3.8, 4) is 11.8 Å². The minimum atomic E-state index is -1.49. The normalized spacial score (nSPS) is 35.5. The number of aliphatic hydroxyl groups is 2. The van der Waals surface area contributed by atoms with Gasteiger partial charge in [-0.1, -0.05) is 44.8 Å². The molecule has 0 amide bonds. The Morgan fingerprint density at radius 3 is 2.23 bits per heavy atom. The van der Waals surface area contributed by atoms with Gasteiger partial charge in [0.15, 0.2) is 18.7 Å². The summed E-state index contributed by atoms with van der Waals surface area (Å²) in [6.07, 6.45) is -4.75. The first kappa shape index (κ1) is 58.0.